The van der Waals surface area contributed by atoms with Gasteiger partial charge in [0.05, 0.1) is 16.1 Å². The van der Waals surface area contributed by atoms with Crippen LogP contribution in [0.15, 0.2) is 47.4 Å². The molecule has 8 heteroatoms. The van der Waals surface area contributed by atoms with Gasteiger partial charge < -0.3 is 0 Å². The molecular weight excluding hydrogens is 346 g/mol. The first-order valence-electron chi connectivity index (χ1n) is 7.19. The minimum atomic E-state index is -4.82. The molecule has 0 atom stereocenters. The average Bonchev–Trinajstić information content (AvgIpc) is 2.54. The molecule has 24 heavy (non-hydrogen) atoms. The van der Waals surface area contributed by atoms with Crippen molar-refractivity contribution in [2.75, 3.05) is 10.8 Å². The number of halogens is 4. The molecule has 1 aliphatic rings. The van der Waals surface area contributed by atoms with Crippen LogP contribution in [0.25, 0.3) is 0 Å². The second kappa shape index (κ2) is 5.77. The molecule has 0 aliphatic carbocycles. The van der Waals surface area contributed by atoms with E-state index in [1.54, 1.807) is 6.07 Å². The van der Waals surface area contributed by atoms with Gasteiger partial charge in [0.2, 0.25) is 0 Å². The highest BCUT2D eigenvalue weighted by atomic mass is 32.2. The van der Waals surface area contributed by atoms with Crippen LogP contribution in [0.5, 0.6) is 0 Å². The molecule has 0 aromatic heterocycles. The Labute approximate surface area is 136 Å². The minimum absolute atomic E-state index is 0.0670. The van der Waals surface area contributed by atoms with E-state index in [0.717, 1.165) is 22.5 Å². The molecular formula is C16H13F4NO2S. The third-order valence-electron chi connectivity index (χ3n) is 3.89. The predicted octanol–water partition coefficient (Wildman–Crippen LogP) is 3.99. The molecule has 0 unspecified atom stereocenters. The first-order chi connectivity index (χ1) is 11.2. The third kappa shape index (κ3) is 2.75. The summed E-state index contributed by atoms with van der Waals surface area (Å²) < 4.78 is 80.1. The number of nitrogens with zero attached hydrogens (tertiary/aromatic N) is 1. The highest BCUT2D eigenvalue weighted by Crippen LogP contribution is 2.39. The lowest BCUT2D eigenvalue weighted by Gasteiger charge is -2.31. The van der Waals surface area contributed by atoms with Crippen molar-refractivity contribution in [2.45, 2.75) is 23.9 Å². The Morgan fingerprint density at radius 1 is 1.00 bits per heavy atom. The van der Waals surface area contributed by atoms with E-state index >= 15 is 0 Å². The molecule has 2 aromatic rings. The van der Waals surface area contributed by atoms with Crippen LogP contribution >= 0.6 is 0 Å². The SMILES string of the molecule is O=S(=O)(c1ccccc1C(F)(F)F)N1CCCc2cccc(F)c21. The maximum Gasteiger partial charge on any atom is 0.417 e. The normalized spacial score (nSPS) is 15.2. The van der Waals surface area contributed by atoms with Gasteiger partial charge in [-0.05, 0) is 36.6 Å². The zero-order valence-corrected chi connectivity index (χ0v) is 13.2. The molecule has 0 N–H and O–H groups in total. The summed E-state index contributed by atoms with van der Waals surface area (Å²) in [6, 6.07) is 8.07. The summed E-state index contributed by atoms with van der Waals surface area (Å²) in [6.07, 6.45) is -3.94. The summed E-state index contributed by atoms with van der Waals surface area (Å²) >= 11 is 0. The molecule has 0 amide bonds. The number of para-hydroxylation sites is 1. The van der Waals surface area contributed by atoms with Gasteiger partial charge in [-0.1, -0.05) is 24.3 Å². The Kier molecular flexibility index (Phi) is 4.03. The van der Waals surface area contributed by atoms with Gasteiger partial charge in [-0.3, -0.25) is 4.31 Å². The zero-order valence-electron chi connectivity index (χ0n) is 12.3. The van der Waals surface area contributed by atoms with Crippen molar-refractivity contribution in [1.29, 1.82) is 0 Å². The highest BCUT2D eigenvalue weighted by molar-refractivity contribution is 7.92. The zero-order chi connectivity index (χ0) is 17.5. The van der Waals surface area contributed by atoms with Gasteiger partial charge in [-0.2, -0.15) is 13.2 Å². The van der Waals surface area contributed by atoms with E-state index in [1.807, 2.05) is 0 Å². The minimum Gasteiger partial charge on any atom is -0.263 e. The number of benzene rings is 2. The first kappa shape index (κ1) is 16.8. The predicted molar refractivity (Wildman–Crippen MR) is 80.7 cm³/mol. The van der Waals surface area contributed by atoms with Crippen LogP contribution in [-0.2, 0) is 22.6 Å². The number of rotatable bonds is 2. The molecule has 0 saturated heterocycles. The smallest absolute Gasteiger partial charge is 0.263 e. The quantitative estimate of drug-likeness (QED) is 0.761. The van der Waals surface area contributed by atoms with E-state index in [2.05, 4.69) is 0 Å². The largest absolute Gasteiger partial charge is 0.417 e. The lowest BCUT2D eigenvalue weighted by atomic mass is 10.0. The fourth-order valence-corrected chi connectivity index (χ4v) is 4.61. The number of hydrogen-bond donors (Lipinski definition) is 0. The second-order valence-corrected chi connectivity index (χ2v) is 7.25. The van der Waals surface area contributed by atoms with E-state index in [9.17, 15) is 26.0 Å². The summed E-state index contributed by atoms with van der Waals surface area (Å²) in [6.45, 7) is -0.0670. The van der Waals surface area contributed by atoms with Gasteiger partial charge in [0.25, 0.3) is 10.0 Å². The Balaban J connectivity index is 2.19. The number of sulfonamides is 1. The standard InChI is InChI=1S/C16H13F4NO2S/c17-13-8-3-5-11-6-4-10-21(15(11)13)24(22,23)14-9-2-1-7-12(14)16(18,19)20/h1-3,5,7-9H,4,6,10H2. The fourth-order valence-electron chi connectivity index (χ4n) is 2.85. The topological polar surface area (TPSA) is 37.4 Å². The van der Waals surface area contributed by atoms with Crippen LogP contribution < -0.4 is 4.31 Å². The summed E-state index contributed by atoms with van der Waals surface area (Å²) in [5, 5.41) is 0. The van der Waals surface area contributed by atoms with Crippen molar-refractivity contribution in [1.82, 2.24) is 0 Å². The van der Waals surface area contributed by atoms with Gasteiger partial charge in [0.1, 0.15) is 5.82 Å². The van der Waals surface area contributed by atoms with Gasteiger partial charge in [-0.25, -0.2) is 12.8 Å². The summed E-state index contributed by atoms with van der Waals surface area (Å²) in [4.78, 5) is -0.867. The summed E-state index contributed by atoms with van der Waals surface area (Å²) in [5.74, 6) is -0.764. The van der Waals surface area contributed by atoms with Crippen LogP contribution in [0.3, 0.4) is 0 Å². The molecule has 1 aliphatic heterocycles. The maximum atomic E-state index is 14.2. The molecule has 0 fully saturated rings. The van der Waals surface area contributed by atoms with E-state index < -0.39 is 32.5 Å². The average molecular weight is 359 g/mol. The monoisotopic (exact) mass is 359 g/mol. The Bertz CT molecular complexity index is 878. The summed E-state index contributed by atoms with van der Waals surface area (Å²) in [7, 11) is -4.54. The lowest BCUT2D eigenvalue weighted by molar-refractivity contribution is -0.139. The lowest BCUT2D eigenvalue weighted by Crippen LogP contribution is -2.37. The van der Waals surface area contributed by atoms with Crippen LogP contribution in [0.4, 0.5) is 23.2 Å². The van der Waals surface area contributed by atoms with Crippen LogP contribution in [0.1, 0.15) is 17.5 Å². The van der Waals surface area contributed by atoms with E-state index in [-0.39, 0.29) is 12.2 Å². The molecule has 0 bridgehead atoms. The number of fused-ring (bicyclic) bond motifs is 1. The Morgan fingerprint density at radius 3 is 2.42 bits per heavy atom. The van der Waals surface area contributed by atoms with E-state index in [4.69, 9.17) is 0 Å². The van der Waals surface area contributed by atoms with Gasteiger partial charge in [0.15, 0.2) is 0 Å². The van der Waals surface area contributed by atoms with Gasteiger partial charge in [0, 0.05) is 6.54 Å². The molecule has 2 aromatic carbocycles. The van der Waals surface area contributed by atoms with E-state index in [1.165, 1.54) is 12.1 Å². The maximum absolute atomic E-state index is 14.2. The highest BCUT2D eigenvalue weighted by Gasteiger charge is 2.40. The van der Waals surface area contributed by atoms with Crippen LogP contribution in [0.2, 0.25) is 0 Å². The van der Waals surface area contributed by atoms with Crippen molar-refractivity contribution >= 4 is 15.7 Å². The number of alkyl halides is 3. The number of hydrogen-bond acceptors (Lipinski definition) is 2. The Hall–Kier alpha value is -2.09. The van der Waals surface area contributed by atoms with Crippen LogP contribution in [0, 0.1) is 5.82 Å². The molecule has 1 heterocycles. The second-order valence-electron chi connectivity index (χ2n) is 5.42. The molecule has 0 spiro atoms. The number of aryl methyl sites for hydroxylation is 1. The molecule has 3 nitrogen and oxygen atoms in total. The molecule has 0 radical (unpaired) electrons. The number of anilines is 1. The van der Waals surface area contributed by atoms with Crippen LogP contribution in [-0.4, -0.2) is 15.0 Å². The molecule has 3 rings (SSSR count). The van der Waals surface area contributed by atoms with Crippen molar-refractivity contribution in [3.05, 3.63) is 59.4 Å². The van der Waals surface area contributed by atoms with E-state index in [0.29, 0.717) is 24.5 Å². The first-order valence-corrected chi connectivity index (χ1v) is 8.63. The van der Waals surface area contributed by atoms with Crippen molar-refractivity contribution in [2.24, 2.45) is 0 Å². The third-order valence-corrected chi connectivity index (χ3v) is 5.74. The van der Waals surface area contributed by atoms with Crippen molar-refractivity contribution in [3.8, 4) is 0 Å². The fraction of sp³-hybridized carbons (Fsp3) is 0.250. The van der Waals surface area contributed by atoms with Gasteiger partial charge >= 0.3 is 6.18 Å². The summed E-state index contributed by atoms with van der Waals surface area (Å²) in [5.41, 5.74) is -0.955. The van der Waals surface area contributed by atoms with Crippen molar-refractivity contribution < 1.29 is 26.0 Å². The van der Waals surface area contributed by atoms with Gasteiger partial charge in [-0.15, -0.1) is 0 Å². The van der Waals surface area contributed by atoms with Crippen molar-refractivity contribution in [3.63, 3.8) is 0 Å². The molecule has 128 valence electrons. The molecule has 0 saturated carbocycles. The Morgan fingerprint density at radius 2 is 1.71 bits per heavy atom.